The molecule has 0 heterocycles. The van der Waals surface area contributed by atoms with E-state index >= 15 is 0 Å². The third kappa shape index (κ3) is 10.1. The topological polar surface area (TPSA) is 3.24 Å². The summed E-state index contributed by atoms with van der Waals surface area (Å²) in [5, 5.41) is 0. The van der Waals surface area contributed by atoms with E-state index in [-0.39, 0.29) is 0 Å². The van der Waals surface area contributed by atoms with Crippen molar-refractivity contribution >= 4 is 16.1 Å². The minimum atomic E-state index is -1.07. The molecule has 1 nitrogen and oxygen atoms in total. The Kier molecular flexibility index (Phi) is 7.71. The predicted octanol–water partition coefficient (Wildman–Crippen LogP) is 4.86. The first kappa shape index (κ1) is 18.1. The molecule has 0 saturated heterocycles. The van der Waals surface area contributed by atoms with Gasteiger partial charge in [-0.1, -0.05) is 64.4 Å². The first-order valence-corrected chi connectivity index (χ1v) is 14.8. The fourth-order valence-electron chi connectivity index (χ4n) is 2.35. The fourth-order valence-corrected chi connectivity index (χ4v) is 5.66. The summed E-state index contributed by atoms with van der Waals surface area (Å²) in [6.07, 6.45) is 1.29. The molecule has 0 radical (unpaired) electrons. The average molecular weight is 286 g/mol. The summed E-state index contributed by atoms with van der Waals surface area (Å²) in [5.41, 5.74) is 4.41. The summed E-state index contributed by atoms with van der Waals surface area (Å²) in [6.45, 7) is 23.0. The highest BCUT2D eigenvalue weighted by molar-refractivity contribution is 6.81. The van der Waals surface area contributed by atoms with Gasteiger partial charge in [-0.05, 0) is 25.6 Å². The van der Waals surface area contributed by atoms with Crippen LogP contribution in [0.4, 0.5) is 0 Å². The number of hydrogen-bond donors (Lipinski definition) is 0. The molecule has 3 heteroatoms. The van der Waals surface area contributed by atoms with Gasteiger partial charge in [0.2, 0.25) is 0 Å². The zero-order chi connectivity index (χ0) is 14.4. The van der Waals surface area contributed by atoms with Crippen LogP contribution in [-0.2, 0) is 0 Å². The van der Waals surface area contributed by atoms with E-state index < -0.39 is 16.1 Å². The summed E-state index contributed by atoms with van der Waals surface area (Å²) < 4.78 is 0. The molecule has 0 N–H and O–H groups in total. The molecule has 0 atom stereocenters. The molecule has 18 heavy (non-hydrogen) atoms. The maximum absolute atomic E-state index is 2.66. The molecule has 108 valence electrons. The molecule has 0 rings (SSSR count). The van der Waals surface area contributed by atoms with Gasteiger partial charge in [-0.25, -0.2) is 0 Å². The van der Waals surface area contributed by atoms with Crippen LogP contribution in [0, 0.1) is 0 Å². The lowest BCUT2D eigenvalue weighted by molar-refractivity contribution is 0.307. The molecule has 0 aliphatic heterocycles. The number of rotatable bonds is 8. The molecular formula is C15H35NSi2. The Bertz CT molecular complexity index is 255. The Balaban J connectivity index is 4.64. The standard InChI is InChI=1S/C15H35NSi2/c1-9-16(10-2)12-11-15(13-17(3,4)5)14-18(6,7)8/h13H,9-12,14H2,1-8H3/b15-13+. The van der Waals surface area contributed by atoms with Crippen LogP contribution >= 0.6 is 0 Å². The van der Waals surface area contributed by atoms with Gasteiger partial charge in [-0.3, -0.25) is 0 Å². The van der Waals surface area contributed by atoms with Gasteiger partial charge in [0.15, 0.2) is 0 Å². The largest absolute Gasteiger partial charge is 0.304 e. The maximum atomic E-state index is 2.66. The first-order chi connectivity index (χ1) is 8.07. The van der Waals surface area contributed by atoms with Gasteiger partial charge < -0.3 is 4.90 Å². The maximum Gasteiger partial charge on any atom is 0.0686 e. The highest BCUT2D eigenvalue weighted by Gasteiger charge is 2.18. The van der Waals surface area contributed by atoms with Crippen molar-refractivity contribution in [3.63, 3.8) is 0 Å². The Hall–Kier alpha value is 0.134. The Morgan fingerprint density at radius 3 is 1.78 bits per heavy atom. The van der Waals surface area contributed by atoms with Crippen LogP contribution < -0.4 is 0 Å². The predicted molar refractivity (Wildman–Crippen MR) is 92.0 cm³/mol. The molecule has 0 aliphatic rings. The molecule has 0 aliphatic carbocycles. The van der Waals surface area contributed by atoms with Gasteiger partial charge in [0, 0.05) is 14.6 Å². The van der Waals surface area contributed by atoms with Crippen molar-refractivity contribution in [3.05, 3.63) is 11.3 Å². The van der Waals surface area contributed by atoms with Gasteiger partial charge >= 0.3 is 0 Å². The number of hydrogen-bond acceptors (Lipinski definition) is 1. The van der Waals surface area contributed by atoms with E-state index in [0.717, 1.165) is 0 Å². The van der Waals surface area contributed by atoms with Crippen LogP contribution in [0.25, 0.3) is 0 Å². The van der Waals surface area contributed by atoms with E-state index in [1.165, 1.54) is 32.1 Å². The summed E-state index contributed by atoms with van der Waals surface area (Å²) in [4.78, 5) is 2.54. The molecule has 0 spiro atoms. The Morgan fingerprint density at radius 2 is 1.44 bits per heavy atom. The zero-order valence-electron chi connectivity index (χ0n) is 14.1. The molecule has 0 unspecified atom stereocenters. The monoisotopic (exact) mass is 285 g/mol. The molecule has 0 amide bonds. The molecule has 0 fully saturated rings. The van der Waals surface area contributed by atoms with Crippen LogP contribution in [0.2, 0.25) is 45.3 Å². The summed E-state index contributed by atoms with van der Waals surface area (Å²) in [5.74, 6) is 0. The highest BCUT2D eigenvalue weighted by Crippen LogP contribution is 2.22. The lowest BCUT2D eigenvalue weighted by Crippen LogP contribution is -2.27. The van der Waals surface area contributed by atoms with Gasteiger partial charge in [0.05, 0.1) is 8.07 Å². The lowest BCUT2D eigenvalue weighted by atomic mass is 10.2. The first-order valence-electron chi connectivity index (χ1n) is 7.50. The Labute approximate surface area is 118 Å². The zero-order valence-corrected chi connectivity index (χ0v) is 16.1. The van der Waals surface area contributed by atoms with Crippen molar-refractivity contribution in [2.24, 2.45) is 0 Å². The third-order valence-corrected chi connectivity index (χ3v) is 5.83. The second-order valence-electron chi connectivity index (χ2n) is 7.68. The number of nitrogens with zero attached hydrogens (tertiary/aromatic N) is 1. The normalized spacial score (nSPS) is 14.4. The molecule has 0 aromatic heterocycles. The summed E-state index contributed by atoms with van der Waals surface area (Å²) in [7, 11) is -2.05. The van der Waals surface area contributed by atoms with Gasteiger partial charge in [0.1, 0.15) is 0 Å². The highest BCUT2D eigenvalue weighted by atomic mass is 28.3. The van der Waals surface area contributed by atoms with E-state index in [1.54, 1.807) is 5.57 Å². The van der Waals surface area contributed by atoms with E-state index in [9.17, 15) is 0 Å². The van der Waals surface area contributed by atoms with Gasteiger partial charge in [-0.15, -0.1) is 0 Å². The van der Waals surface area contributed by atoms with Crippen molar-refractivity contribution in [1.82, 2.24) is 4.90 Å². The van der Waals surface area contributed by atoms with Crippen molar-refractivity contribution in [3.8, 4) is 0 Å². The molecule has 0 aromatic carbocycles. The molecular weight excluding hydrogens is 250 g/mol. The van der Waals surface area contributed by atoms with Crippen LogP contribution in [0.5, 0.6) is 0 Å². The van der Waals surface area contributed by atoms with E-state index in [1.807, 2.05) is 0 Å². The summed E-state index contributed by atoms with van der Waals surface area (Å²) in [6, 6.07) is 1.39. The fraction of sp³-hybridized carbons (Fsp3) is 0.867. The molecule has 0 saturated carbocycles. The average Bonchev–Trinajstić information content (AvgIpc) is 2.14. The van der Waals surface area contributed by atoms with Crippen molar-refractivity contribution in [2.75, 3.05) is 19.6 Å². The lowest BCUT2D eigenvalue weighted by Gasteiger charge is -2.24. The Morgan fingerprint density at radius 1 is 0.944 bits per heavy atom. The second-order valence-corrected chi connectivity index (χ2v) is 18.2. The third-order valence-electron chi connectivity index (χ3n) is 3.04. The molecule has 0 aromatic rings. The van der Waals surface area contributed by atoms with E-state index in [0.29, 0.717) is 0 Å². The summed E-state index contributed by atoms with van der Waals surface area (Å²) >= 11 is 0. The van der Waals surface area contributed by atoms with E-state index in [4.69, 9.17) is 0 Å². The van der Waals surface area contributed by atoms with Crippen molar-refractivity contribution in [2.45, 2.75) is 65.6 Å². The van der Waals surface area contributed by atoms with Crippen LogP contribution in [0.15, 0.2) is 11.3 Å². The van der Waals surface area contributed by atoms with Gasteiger partial charge in [-0.2, -0.15) is 0 Å². The van der Waals surface area contributed by atoms with Crippen molar-refractivity contribution in [1.29, 1.82) is 0 Å². The quantitative estimate of drug-likeness (QED) is 0.576. The molecule has 0 bridgehead atoms. The SMILES string of the molecule is CCN(CC)CC/C(=C\[Si](C)(C)C)C[Si](C)(C)C. The van der Waals surface area contributed by atoms with Crippen LogP contribution in [0.3, 0.4) is 0 Å². The smallest absolute Gasteiger partial charge is 0.0686 e. The minimum absolute atomic E-state index is 0.977. The minimum Gasteiger partial charge on any atom is -0.304 e. The van der Waals surface area contributed by atoms with E-state index in [2.05, 4.69) is 63.7 Å². The second kappa shape index (κ2) is 7.66. The van der Waals surface area contributed by atoms with Crippen LogP contribution in [0.1, 0.15) is 20.3 Å². The van der Waals surface area contributed by atoms with Gasteiger partial charge in [0.25, 0.3) is 0 Å². The van der Waals surface area contributed by atoms with Crippen molar-refractivity contribution < 1.29 is 0 Å². The van der Waals surface area contributed by atoms with Crippen LogP contribution in [-0.4, -0.2) is 40.7 Å².